The summed E-state index contributed by atoms with van der Waals surface area (Å²) in [6.45, 7) is 2.16. The number of benzene rings is 1. The number of carbonyl (C=O) groups excluding carboxylic acids is 1. The molecular formula is C21H23F2N3O5. The standard InChI is InChI=1S/C21H23F2N3O5/c1-2-13(27)31-11-5-7-25(8-6-11)19-15(22)17(24)14-18(16(19)23)26(10-3-4-10)9-12(20(14)28)21(29)30/h9-11H,2-8,24H2,1H3,(H,29,30). The lowest BCUT2D eigenvalue weighted by Gasteiger charge is -2.34. The lowest BCUT2D eigenvalue weighted by molar-refractivity contribution is -0.149. The Labute approximate surface area is 176 Å². The van der Waals surface area contributed by atoms with Crippen molar-refractivity contribution < 1.29 is 28.2 Å². The Hall–Kier alpha value is -3.17. The van der Waals surface area contributed by atoms with Crippen molar-refractivity contribution in [3.05, 3.63) is 33.6 Å². The van der Waals surface area contributed by atoms with Gasteiger partial charge in [0.05, 0.1) is 16.6 Å². The Morgan fingerprint density at radius 2 is 1.84 bits per heavy atom. The molecule has 0 amide bonds. The molecule has 1 saturated carbocycles. The van der Waals surface area contributed by atoms with Gasteiger partial charge in [0.15, 0.2) is 11.6 Å². The molecular weight excluding hydrogens is 412 g/mol. The number of ether oxygens (including phenoxy) is 1. The number of piperidine rings is 1. The maximum atomic E-state index is 15.7. The number of rotatable bonds is 5. The predicted molar refractivity (Wildman–Crippen MR) is 109 cm³/mol. The van der Waals surface area contributed by atoms with Gasteiger partial charge < -0.3 is 25.0 Å². The maximum absolute atomic E-state index is 15.7. The van der Waals surface area contributed by atoms with Gasteiger partial charge >= 0.3 is 11.9 Å². The summed E-state index contributed by atoms with van der Waals surface area (Å²) in [4.78, 5) is 37.2. The molecule has 3 N–H and O–H groups in total. The minimum Gasteiger partial charge on any atom is -0.477 e. The van der Waals surface area contributed by atoms with Crippen LogP contribution in [-0.2, 0) is 9.53 Å². The molecule has 2 fully saturated rings. The minimum absolute atomic E-state index is 0.174. The highest BCUT2D eigenvalue weighted by Crippen LogP contribution is 2.42. The summed E-state index contributed by atoms with van der Waals surface area (Å²) in [7, 11) is 0. The monoisotopic (exact) mass is 435 g/mol. The van der Waals surface area contributed by atoms with E-state index in [0.717, 1.165) is 6.20 Å². The van der Waals surface area contributed by atoms with Crippen LogP contribution in [0.1, 0.15) is 55.4 Å². The van der Waals surface area contributed by atoms with Crippen LogP contribution in [0, 0.1) is 11.6 Å². The lowest BCUT2D eigenvalue weighted by Crippen LogP contribution is -2.39. The molecule has 10 heteroatoms. The highest BCUT2D eigenvalue weighted by atomic mass is 19.1. The van der Waals surface area contributed by atoms with E-state index in [2.05, 4.69) is 0 Å². The smallest absolute Gasteiger partial charge is 0.341 e. The lowest BCUT2D eigenvalue weighted by atomic mass is 10.0. The van der Waals surface area contributed by atoms with E-state index in [9.17, 15) is 19.5 Å². The molecule has 1 aromatic heterocycles. The predicted octanol–water partition coefficient (Wildman–Crippen LogP) is 2.82. The number of nitrogen functional groups attached to an aromatic ring is 1. The van der Waals surface area contributed by atoms with Crippen molar-refractivity contribution in [2.24, 2.45) is 0 Å². The van der Waals surface area contributed by atoms with Gasteiger partial charge in [-0.2, -0.15) is 0 Å². The second kappa shape index (κ2) is 7.82. The number of hydrogen-bond donors (Lipinski definition) is 2. The van der Waals surface area contributed by atoms with E-state index in [1.807, 2.05) is 0 Å². The first kappa shape index (κ1) is 21.1. The van der Waals surface area contributed by atoms with Gasteiger partial charge in [-0.25, -0.2) is 13.6 Å². The number of nitrogens with two attached hydrogens (primary N) is 1. The molecule has 0 atom stereocenters. The number of hydrogen-bond acceptors (Lipinski definition) is 6. The van der Waals surface area contributed by atoms with Crippen molar-refractivity contribution in [3.8, 4) is 0 Å². The van der Waals surface area contributed by atoms with Crippen molar-refractivity contribution in [1.29, 1.82) is 0 Å². The van der Waals surface area contributed by atoms with E-state index < -0.39 is 39.7 Å². The zero-order chi connectivity index (χ0) is 22.4. The van der Waals surface area contributed by atoms with Crippen LogP contribution < -0.4 is 16.1 Å². The molecule has 2 heterocycles. The number of halogens is 2. The van der Waals surface area contributed by atoms with E-state index in [1.165, 1.54) is 9.47 Å². The van der Waals surface area contributed by atoms with Gasteiger partial charge in [0.2, 0.25) is 5.43 Å². The first-order chi connectivity index (χ1) is 14.7. The summed E-state index contributed by atoms with van der Waals surface area (Å²) < 4.78 is 37.6. The van der Waals surface area contributed by atoms with Crippen LogP contribution in [-0.4, -0.2) is 40.8 Å². The normalized spacial score (nSPS) is 17.2. The number of carboxylic acid groups (broad SMARTS) is 1. The van der Waals surface area contributed by atoms with Gasteiger partial charge in [-0.15, -0.1) is 0 Å². The molecule has 0 spiro atoms. The average molecular weight is 435 g/mol. The molecule has 0 unspecified atom stereocenters. The van der Waals surface area contributed by atoms with Crippen molar-refractivity contribution in [2.45, 2.75) is 51.2 Å². The molecule has 31 heavy (non-hydrogen) atoms. The van der Waals surface area contributed by atoms with E-state index in [0.29, 0.717) is 25.7 Å². The van der Waals surface area contributed by atoms with Gasteiger partial charge in [0, 0.05) is 44.6 Å². The highest BCUT2D eigenvalue weighted by Gasteiger charge is 2.34. The van der Waals surface area contributed by atoms with Gasteiger partial charge in [-0.1, -0.05) is 6.92 Å². The molecule has 1 saturated heterocycles. The Kier molecular flexibility index (Phi) is 5.32. The molecule has 1 aliphatic heterocycles. The number of pyridine rings is 1. The maximum Gasteiger partial charge on any atom is 0.341 e. The fraction of sp³-hybridized carbons (Fsp3) is 0.476. The summed E-state index contributed by atoms with van der Waals surface area (Å²) in [6, 6.07) is -0.174. The Balaban J connectivity index is 1.81. The second-order valence-electron chi connectivity index (χ2n) is 7.96. The third-order valence-corrected chi connectivity index (χ3v) is 5.88. The highest BCUT2D eigenvalue weighted by molar-refractivity contribution is 5.99. The molecule has 1 aliphatic carbocycles. The number of anilines is 2. The molecule has 166 valence electrons. The molecule has 2 aliphatic rings. The van der Waals surface area contributed by atoms with Crippen LogP contribution in [0.3, 0.4) is 0 Å². The number of carbonyl (C=O) groups is 2. The molecule has 8 nitrogen and oxygen atoms in total. The molecule has 1 aromatic carbocycles. The zero-order valence-corrected chi connectivity index (χ0v) is 17.0. The van der Waals surface area contributed by atoms with Gasteiger partial charge in [-0.3, -0.25) is 9.59 Å². The van der Waals surface area contributed by atoms with Crippen LogP contribution >= 0.6 is 0 Å². The van der Waals surface area contributed by atoms with E-state index in [1.54, 1.807) is 6.92 Å². The van der Waals surface area contributed by atoms with Crippen molar-refractivity contribution in [3.63, 3.8) is 0 Å². The summed E-state index contributed by atoms with van der Waals surface area (Å²) >= 11 is 0. The third-order valence-electron chi connectivity index (χ3n) is 5.88. The van der Waals surface area contributed by atoms with Gasteiger partial charge in [-0.05, 0) is 12.8 Å². The molecule has 4 rings (SSSR count). The van der Waals surface area contributed by atoms with Crippen LogP contribution in [0.5, 0.6) is 0 Å². The number of esters is 1. The van der Waals surface area contributed by atoms with E-state index in [4.69, 9.17) is 10.5 Å². The van der Waals surface area contributed by atoms with Gasteiger partial charge in [0.25, 0.3) is 0 Å². The number of nitrogens with zero attached hydrogens (tertiary/aromatic N) is 2. The third kappa shape index (κ3) is 3.60. The van der Waals surface area contributed by atoms with E-state index in [-0.39, 0.29) is 48.8 Å². The quantitative estimate of drug-likeness (QED) is 0.548. The van der Waals surface area contributed by atoms with Crippen molar-refractivity contribution in [2.75, 3.05) is 23.7 Å². The molecule has 2 aromatic rings. The summed E-state index contributed by atoms with van der Waals surface area (Å²) in [6.07, 6.45) is 3.23. The number of aromatic carboxylic acids is 1. The number of fused-ring (bicyclic) bond motifs is 1. The molecule has 0 radical (unpaired) electrons. The summed E-state index contributed by atoms with van der Waals surface area (Å²) in [5, 5.41) is 8.91. The summed E-state index contributed by atoms with van der Waals surface area (Å²) in [5.41, 5.74) is 3.26. The topological polar surface area (TPSA) is 115 Å². The van der Waals surface area contributed by atoms with Crippen LogP contribution in [0.25, 0.3) is 10.9 Å². The Morgan fingerprint density at radius 1 is 1.19 bits per heavy atom. The second-order valence-corrected chi connectivity index (χ2v) is 7.96. The zero-order valence-electron chi connectivity index (χ0n) is 17.0. The largest absolute Gasteiger partial charge is 0.477 e. The minimum atomic E-state index is -1.48. The number of carboxylic acids is 1. The SMILES string of the molecule is CCC(=O)OC1CCN(c2c(F)c(N)c3c(=O)c(C(=O)O)cn(C4CC4)c3c2F)CC1. The van der Waals surface area contributed by atoms with Crippen LogP contribution in [0.15, 0.2) is 11.0 Å². The first-order valence-corrected chi connectivity index (χ1v) is 10.3. The fourth-order valence-electron chi connectivity index (χ4n) is 4.09. The molecule has 0 bridgehead atoms. The van der Waals surface area contributed by atoms with Crippen molar-refractivity contribution >= 4 is 34.2 Å². The first-order valence-electron chi connectivity index (χ1n) is 10.3. The summed E-state index contributed by atoms with van der Waals surface area (Å²) in [5.74, 6) is -3.83. The van der Waals surface area contributed by atoms with Crippen molar-refractivity contribution in [1.82, 2.24) is 4.57 Å². The van der Waals surface area contributed by atoms with Crippen LogP contribution in [0.4, 0.5) is 20.2 Å². The van der Waals surface area contributed by atoms with Crippen LogP contribution in [0.2, 0.25) is 0 Å². The Bertz CT molecular complexity index is 1130. The van der Waals surface area contributed by atoms with E-state index >= 15 is 8.78 Å². The number of aromatic nitrogens is 1. The van der Waals surface area contributed by atoms with Gasteiger partial charge in [0.1, 0.15) is 17.4 Å². The fourth-order valence-corrected chi connectivity index (χ4v) is 4.09. The Morgan fingerprint density at radius 3 is 2.39 bits per heavy atom. The average Bonchev–Trinajstić information content (AvgIpc) is 3.58.